The first-order valence-electron chi connectivity index (χ1n) is 4.86. The summed E-state index contributed by atoms with van der Waals surface area (Å²) in [5.74, 6) is 0.890. The van der Waals surface area contributed by atoms with Gasteiger partial charge in [0.15, 0.2) is 0 Å². The molecule has 0 saturated carbocycles. The van der Waals surface area contributed by atoms with E-state index in [2.05, 4.69) is 13.2 Å². The number of esters is 1. The Morgan fingerprint density at radius 2 is 2.00 bits per heavy atom. The lowest BCUT2D eigenvalue weighted by atomic mass is 10.3. The highest BCUT2D eigenvalue weighted by atomic mass is 32.2. The highest BCUT2D eigenvalue weighted by Crippen LogP contribution is 2.03. The SMILES string of the molecule is CSCC(C)N(C)CC(=O)OC(C)C. The summed E-state index contributed by atoms with van der Waals surface area (Å²) in [5.41, 5.74) is 0. The van der Waals surface area contributed by atoms with Crippen LogP contribution in [0.15, 0.2) is 0 Å². The van der Waals surface area contributed by atoms with Gasteiger partial charge in [0.1, 0.15) is 0 Å². The molecule has 4 heteroatoms. The van der Waals surface area contributed by atoms with Crippen LogP contribution in [-0.2, 0) is 9.53 Å². The fourth-order valence-corrected chi connectivity index (χ4v) is 1.76. The quantitative estimate of drug-likeness (QED) is 0.635. The van der Waals surface area contributed by atoms with Crippen molar-refractivity contribution in [2.75, 3.05) is 25.6 Å². The van der Waals surface area contributed by atoms with Crippen LogP contribution in [0.1, 0.15) is 20.8 Å². The number of rotatable bonds is 6. The van der Waals surface area contributed by atoms with Gasteiger partial charge in [-0.05, 0) is 34.1 Å². The molecule has 0 aromatic carbocycles. The monoisotopic (exact) mass is 219 g/mol. The molecular formula is C10H21NO2S. The van der Waals surface area contributed by atoms with Gasteiger partial charge in [-0.3, -0.25) is 9.69 Å². The zero-order valence-electron chi connectivity index (χ0n) is 9.74. The van der Waals surface area contributed by atoms with E-state index in [0.717, 1.165) is 5.75 Å². The van der Waals surface area contributed by atoms with Crippen LogP contribution in [0.4, 0.5) is 0 Å². The molecule has 84 valence electrons. The summed E-state index contributed by atoms with van der Waals surface area (Å²) in [6.45, 7) is 6.21. The summed E-state index contributed by atoms with van der Waals surface area (Å²) in [4.78, 5) is 13.3. The van der Waals surface area contributed by atoms with E-state index in [1.165, 1.54) is 0 Å². The Labute approximate surface area is 91.2 Å². The minimum Gasteiger partial charge on any atom is -0.462 e. The van der Waals surface area contributed by atoms with Crippen LogP contribution >= 0.6 is 11.8 Å². The molecule has 0 amide bonds. The zero-order chi connectivity index (χ0) is 11.1. The normalized spacial score (nSPS) is 13.4. The lowest BCUT2D eigenvalue weighted by Crippen LogP contribution is -2.36. The van der Waals surface area contributed by atoms with E-state index in [4.69, 9.17) is 4.74 Å². The van der Waals surface area contributed by atoms with Crippen LogP contribution in [0.25, 0.3) is 0 Å². The number of likely N-dealkylation sites (N-methyl/N-ethyl adjacent to an activating group) is 1. The third-order valence-corrected chi connectivity index (χ3v) is 2.72. The maximum absolute atomic E-state index is 11.3. The molecule has 1 unspecified atom stereocenters. The number of hydrogen-bond donors (Lipinski definition) is 0. The molecule has 14 heavy (non-hydrogen) atoms. The Morgan fingerprint density at radius 1 is 1.43 bits per heavy atom. The minimum absolute atomic E-state index is 0.0215. The fraction of sp³-hybridized carbons (Fsp3) is 0.900. The molecule has 1 atom stereocenters. The number of thioether (sulfide) groups is 1. The van der Waals surface area contributed by atoms with Gasteiger partial charge >= 0.3 is 5.97 Å². The lowest BCUT2D eigenvalue weighted by molar-refractivity contribution is -0.148. The van der Waals surface area contributed by atoms with Crippen molar-refractivity contribution < 1.29 is 9.53 Å². The average Bonchev–Trinajstić information content (AvgIpc) is 2.02. The molecular weight excluding hydrogens is 198 g/mol. The van der Waals surface area contributed by atoms with Crippen molar-refractivity contribution in [2.24, 2.45) is 0 Å². The second-order valence-electron chi connectivity index (χ2n) is 3.76. The van der Waals surface area contributed by atoms with Gasteiger partial charge in [0.2, 0.25) is 0 Å². The van der Waals surface area contributed by atoms with Crippen molar-refractivity contribution in [2.45, 2.75) is 32.9 Å². The number of ether oxygens (including phenoxy) is 1. The summed E-state index contributed by atoms with van der Waals surface area (Å²) >= 11 is 1.79. The van der Waals surface area contributed by atoms with Gasteiger partial charge in [0, 0.05) is 11.8 Å². The fourth-order valence-electron chi connectivity index (χ4n) is 1.03. The number of nitrogens with zero attached hydrogens (tertiary/aromatic N) is 1. The molecule has 0 spiro atoms. The van der Waals surface area contributed by atoms with Gasteiger partial charge in [-0.15, -0.1) is 0 Å². The second kappa shape index (κ2) is 7.12. The van der Waals surface area contributed by atoms with E-state index >= 15 is 0 Å². The molecule has 0 N–H and O–H groups in total. The zero-order valence-corrected chi connectivity index (χ0v) is 10.6. The van der Waals surface area contributed by atoms with Crippen molar-refractivity contribution in [1.29, 1.82) is 0 Å². The Balaban J connectivity index is 3.80. The van der Waals surface area contributed by atoms with Crippen molar-refractivity contribution >= 4 is 17.7 Å². The third kappa shape index (κ3) is 6.27. The average molecular weight is 219 g/mol. The lowest BCUT2D eigenvalue weighted by Gasteiger charge is -2.23. The molecule has 0 aromatic rings. The number of carbonyl (C=O) groups is 1. The minimum atomic E-state index is -0.143. The van der Waals surface area contributed by atoms with Crippen LogP contribution in [0, 0.1) is 0 Å². The predicted octanol–water partition coefficient (Wildman–Crippen LogP) is 1.62. The molecule has 0 fully saturated rings. The maximum atomic E-state index is 11.3. The Hall–Kier alpha value is -0.220. The standard InChI is InChI=1S/C10H21NO2S/c1-8(2)13-10(12)6-11(4)9(3)7-14-5/h8-9H,6-7H2,1-5H3. The van der Waals surface area contributed by atoms with Gasteiger partial charge in [0.05, 0.1) is 12.6 Å². The molecule has 3 nitrogen and oxygen atoms in total. The molecule has 0 aliphatic heterocycles. The first-order valence-corrected chi connectivity index (χ1v) is 6.25. The number of hydrogen-bond acceptors (Lipinski definition) is 4. The summed E-state index contributed by atoms with van der Waals surface area (Å²) in [5, 5.41) is 0. The Kier molecular flexibility index (Phi) is 7.01. The van der Waals surface area contributed by atoms with Crippen molar-refractivity contribution in [1.82, 2.24) is 4.90 Å². The molecule has 0 radical (unpaired) electrons. The molecule has 0 bridgehead atoms. The maximum Gasteiger partial charge on any atom is 0.320 e. The van der Waals surface area contributed by atoms with Crippen molar-refractivity contribution in [3.05, 3.63) is 0 Å². The van der Waals surface area contributed by atoms with Crippen molar-refractivity contribution in [3.8, 4) is 0 Å². The summed E-state index contributed by atoms with van der Waals surface area (Å²) in [7, 11) is 1.95. The van der Waals surface area contributed by atoms with Crippen LogP contribution in [0.5, 0.6) is 0 Å². The third-order valence-electron chi connectivity index (χ3n) is 1.91. The number of carbonyl (C=O) groups excluding carboxylic acids is 1. The van der Waals surface area contributed by atoms with E-state index in [0.29, 0.717) is 12.6 Å². The van der Waals surface area contributed by atoms with Crippen molar-refractivity contribution in [3.63, 3.8) is 0 Å². The van der Waals surface area contributed by atoms with E-state index in [1.54, 1.807) is 11.8 Å². The topological polar surface area (TPSA) is 29.5 Å². The molecule has 0 aliphatic carbocycles. The van der Waals surface area contributed by atoms with E-state index < -0.39 is 0 Å². The summed E-state index contributed by atoms with van der Waals surface area (Å²) < 4.78 is 5.06. The van der Waals surface area contributed by atoms with Gasteiger partial charge in [0.25, 0.3) is 0 Å². The largest absolute Gasteiger partial charge is 0.462 e. The molecule has 0 heterocycles. The molecule has 0 aliphatic rings. The van der Waals surface area contributed by atoms with E-state index in [1.807, 2.05) is 25.8 Å². The van der Waals surface area contributed by atoms with Gasteiger partial charge < -0.3 is 4.74 Å². The highest BCUT2D eigenvalue weighted by molar-refractivity contribution is 7.98. The second-order valence-corrected chi connectivity index (χ2v) is 4.67. The van der Waals surface area contributed by atoms with Gasteiger partial charge in [-0.25, -0.2) is 0 Å². The summed E-state index contributed by atoms with van der Waals surface area (Å²) in [6, 6.07) is 0.407. The van der Waals surface area contributed by atoms with Crippen LogP contribution < -0.4 is 0 Å². The van der Waals surface area contributed by atoms with Crippen LogP contribution in [0.3, 0.4) is 0 Å². The predicted molar refractivity (Wildman–Crippen MR) is 61.7 cm³/mol. The smallest absolute Gasteiger partial charge is 0.320 e. The van der Waals surface area contributed by atoms with Crippen LogP contribution in [0.2, 0.25) is 0 Å². The van der Waals surface area contributed by atoms with E-state index in [9.17, 15) is 4.79 Å². The Bertz CT molecular complexity index is 174. The molecule has 0 saturated heterocycles. The first-order chi connectivity index (χ1) is 6.47. The highest BCUT2D eigenvalue weighted by Gasteiger charge is 2.14. The van der Waals surface area contributed by atoms with Gasteiger partial charge in [-0.1, -0.05) is 0 Å². The molecule has 0 aromatic heterocycles. The van der Waals surface area contributed by atoms with E-state index in [-0.39, 0.29) is 12.1 Å². The Morgan fingerprint density at radius 3 is 2.43 bits per heavy atom. The van der Waals surface area contributed by atoms with Gasteiger partial charge in [-0.2, -0.15) is 11.8 Å². The summed E-state index contributed by atoms with van der Waals surface area (Å²) in [6.07, 6.45) is 2.04. The first kappa shape index (κ1) is 13.8. The van der Waals surface area contributed by atoms with Crippen LogP contribution in [-0.4, -0.2) is 48.6 Å². The molecule has 0 rings (SSSR count).